The van der Waals surface area contributed by atoms with E-state index in [4.69, 9.17) is 9.16 Å². The zero-order chi connectivity index (χ0) is 20.2. The Morgan fingerprint density at radius 3 is 2.04 bits per heavy atom. The van der Waals surface area contributed by atoms with Crippen LogP contribution in [0.5, 0.6) is 0 Å². The molecule has 1 fully saturated rings. The van der Waals surface area contributed by atoms with Crippen LogP contribution in [0.4, 0.5) is 0 Å². The average Bonchev–Trinajstić information content (AvgIpc) is 2.68. The molecular formula is C24H32O3Si. The van der Waals surface area contributed by atoms with Crippen molar-refractivity contribution in [1.82, 2.24) is 0 Å². The van der Waals surface area contributed by atoms with Crippen molar-refractivity contribution in [2.45, 2.75) is 58.1 Å². The van der Waals surface area contributed by atoms with E-state index in [9.17, 15) is 4.79 Å². The summed E-state index contributed by atoms with van der Waals surface area (Å²) in [5, 5.41) is 2.52. The number of cyclic esters (lactones) is 1. The molecule has 2 aromatic rings. The number of hydrogen-bond acceptors (Lipinski definition) is 3. The molecule has 0 unspecified atom stereocenters. The molecule has 0 radical (unpaired) electrons. The smallest absolute Gasteiger partial charge is 0.306 e. The summed E-state index contributed by atoms with van der Waals surface area (Å²) in [6, 6.07) is 21.3. The number of benzene rings is 2. The Kier molecular flexibility index (Phi) is 6.41. The molecule has 0 aromatic heterocycles. The molecule has 0 bridgehead atoms. The van der Waals surface area contributed by atoms with E-state index in [0.717, 1.165) is 12.8 Å². The van der Waals surface area contributed by atoms with Crippen molar-refractivity contribution in [2.24, 2.45) is 5.92 Å². The second-order valence-electron chi connectivity index (χ2n) is 8.84. The fourth-order valence-electron chi connectivity index (χ4n) is 4.31. The van der Waals surface area contributed by atoms with Gasteiger partial charge in [0.1, 0.15) is 6.10 Å². The first-order valence-electron chi connectivity index (χ1n) is 10.3. The predicted molar refractivity (Wildman–Crippen MR) is 116 cm³/mol. The lowest BCUT2D eigenvalue weighted by atomic mass is 9.94. The van der Waals surface area contributed by atoms with Crippen LogP contribution in [-0.2, 0) is 14.0 Å². The topological polar surface area (TPSA) is 35.5 Å². The van der Waals surface area contributed by atoms with Gasteiger partial charge in [-0.2, -0.15) is 0 Å². The van der Waals surface area contributed by atoms with Gasteiger partial charge in [0.2, 0.25) is 0 Å². The van der Waals surface area contributed by atoms with E-state index in [1.165, 1.54) is 10.4 Å². The van der Waals surface area contributed by atoms with Crippen molar-refractivity contribution in [1.29, 1.82) is 0 Å². The van der Waals surface area contributed by atoms with Crippen LogP contribution in [0, 0.1) is 5.92 Å². The van der Waals surface area contributed by atoms with Crippen molar-refractivity contribution in [2.75, 3.05) is 6.61 Å². The van der Waals surface area contributed by atoms with E-state index in [1.54, 1.807) is 0 Å². The summed E-state index contributed by atoms with van der Waals surface area (Å²) in [4.78, 5) is 11.7. The Morgan fingerprint density at radius 2 is 1.54 bits per heavy atom. The summed E-state index contributed by atoms with van der Waals surface area (Å²) in [6.07, 6.45) is 2.15. The van der Waals surface area contributed by atoms with Crippen LogP contribution < -0.4 is 10.4 Å². The number of ether oxygens (including phenoxy) is 1. The van der Waals surface area contributed by atoms with Gasteiger partial charge in [0.15, 0.2) is 0 Å². The molecule has 1 saturated heterocycles. The van der Waals surface area contributed by atoms with E-state index >= 15 is 0 Å². The summed E-state index contributed by atoms with van der Waals surface area (Å²) in [5.74, 6) is 0.314. The minimum absolute atomic E-state index is 0.0371. The maximum atomic E-state index is 11.7. The molecule has 2 atom stereocenters. The molecule has 0 spiro atoms. The van der Waals surface area contributed by atoms with Crippen LogP contribution >= 0.6 is 0 Å². The normalized spacial score (nSPS) is 20.6. The largest absolute Gasteiger partial charge is 0.462 e. The molecule has 3 rings (SSSR count). The lowest BCUT2D eigenvalue weighted by molar-refractivity contribution is -0.158. The fourth-order valence-corrected chi connectivity index (χ4v) is 8.89. The summed E-state index contributed by atoms with van der Waals surface area (Å²) in [6.45, 7) is 9.60. The van der Waals surface area contributed by atoms with E-state index in [2.05, 4.69) is 88.4 Å². The van der Waals surface area contributed by atoms with Crippen molar-refractivity contribution < 1.29 is 14.0 Å². The first-order chi connectivity index (χ1) is 13.3. The monoisotopic (exact) mass is 396 g/mol. The Morgan fingerprint density at radius 1 is 1.00 bits per heavy atom. The highest BCUT2D eigenvalue weighted by Crippen LogP contribution is 2.37. The van der Waals surface area contributed by atoms with Gasteiger partial charge in [-0.25, -0.2) is 0 Å². The van der Waals surface area contributed by atoms with Gasteiger partial charge in [0, 0.05) is 19.4 Å². The Labute approximate surface area is 170 Å². The third-order valence-corrected chi connectivity index (χ3v) is 10.9. The van der Waals surface area contributed by atoms with Gasteiger partial charge in [-0.15, -0.1) is 0 Å². The standard InChI is InChI=1S/C24H32O3Si/c1-19-15-16-23(25)27-22(19)17-18-26-28(24(2,3)4,20-11-7-5-8-12-20)21-13-9-6-10-14-21/h5-14,19,22H,15-18H2,1-4H3/t19-,22+/m0/s1. The summed E-state index contributed by atoms with van der Waals surface area (Å²) < 4.78 is 12.5. The first kappa shape index (κ1) is 20.8. The zero-order valence-corrected chi connectivity index (χ0v) is 18.5. The van der Waals surface area contributed by atoms with Gasteiger partial charge in [0.25, 0.3) is 8.32 Å². The van der Waals surface area contributed by atoms with Crippen LogP contribution in [-0.4, -0.2) is 27.0 Å². The highest BCUT2D eigenvalue weighted by Gasteiger charge is 2.50. The first-order valence-corrected chi connectivity index (χ1v) is 12.2. The fraction of sp³-hybridized carbons (Fsp3) is 0.458. The van der Waals surface area contributed by atoms with Gasteiger partial charge in [-0.1, -0.05) is 88.4 Å². The average molecular weight is 397 g/mol. The molecule has 0 N–H and O–H groups in total. The molecule has 4 heteroatoms. The Balaban J connectivity index is 1.91. The third-order valence-electron chi connectivity index (χ3n) is 5.86. The molecule has 2 aromatic carbocycles. The maximum absolute atomic E-state index is 11.7. The molecule has 28 heavy (non-hydrogen) atoms. The molecule has 0 amide bonds. The SMILES string of the molecule is C[C@H]1CCC(=O)O[C@@H]1CCO[Si](c1ccccc1)(c1ccccc1)C(C)(C)C. The van der Waals surface area contributed by atoms with Gasteiger partial charge in [0.05, 0.1) is 0 Å². The lowest BCUT2D eigenvalue weighted by Crippen LogP contribution is -2.66. The maximum Gasteiger partial charge on any atom is 0.306 e. The number of esters is 1. The second kappa shape index (κ2) is 8.62. The van der Waals surface area contributed by atoms with Gasteiger partial charge < -0.3 is 9.16 Å². The van der Waals surface area contributed by atoms with E-state index < -0.39 is 8.32 Å². The van der Waals surface area contributed by atoms with Crippen LogP contribution in [0.2, 0.25) is 5.04 Å². The molecule has 3 nitrogen and oxygen atoms in total. The van der Waals surface area contributed by atoms with Gasteiger partial charge in [-0.3, -0.25) is 4.79 Å². The molecular weight excluding hydrogens is 364 g/mol. The molecule has 0 saturated carbocycles. The molecule has 1 heterocycles. The van der Waals surface area contributed by atoms with Crippen molar-refractivity contribution >= 4 is 24.7 Å². The zero-order valence-electron chi connectivity index (χ0n) is 17.5. The second-order valence-corrected chi connectivity index (χ2v) is 13.2. The highest BCUT2D eigenvalue weighted by atomic mass is 28.4. The van der Waals surface area contributed by atoms with Crippen molar-refractivity contribution in [3.8, 4) is 0 Å². The quantitative estimate of drug-likeness (QED) is 0.540. The minimum Gasteiger partial charge on any atom is -0.462 e. The molecule has 1 aliphatic heterocycles. The summed E-state index contributed by atoms with van der Waals surface area (Å²) in [7, 11) is -2.51. The number of carbonyl (C=O) groups excluding carboxylic acids is 1. The lowest BCUT2D eigenvalue weighted by Gasteiger charge is -2.43. The van der Waals surface area contributed by atoms with Crippen LogP contribution in [0.3, 0.4) is 0 Å². The van der Waals surface area contributed by atoms with Crippen LogP contribution in [0.15, 0.2) is 60.7 Å². The predicted octanol–water partition coefficient (Wildman–Crippen LogP) is 4.29. The van der Waals surface area contributed by atoms with Crippen molar-refractivity contribution in [3.63, 3.8) is 0 Å². The highest BCUT2D eigenvalue weighted by molar-refractivity contribution is 6.99. The third kappa shape index (κ3) is 4.23. The Hall–Kier alpha value is -1.91. The van der Waals surface area contributed by atoms with Crippen molar-refractivity contribution in [3.05, 3.63) is 60.7 Å². The Bertz CT molecular complexity index is 728. The summed E-state index contributed by atoms with van der Waals surface area (Å²) >= 11 is 0. The summed E-state index contributed by atoms with van der Waals surface area (Å²) in [5.41, 5.74) is 0. The van der Waals surface area contributed by atoms with E-state index in [1.807, 2.05) is 0 Å². The minimum atomic E-state index is -2.51. The number of rotatable bonds is 6. The number of carbonyl (C=O) groups is 1. The van der Waals surface area contributed by atoms with Gasteiger partial charge >= 0.3 is 5.97 Å². The van der Waals surface area contributed by atoms with E-state index in [0.29, 0.717) is 18.9 Å². The molecule has 150 valence electrons. The van der Waals surface area contributed by atoms with E-state index in [-0.39, 0.29) is 17.1 Å². The van der Waals surface area contributed by atoms with Crippen LogP contribution in [0.1, 0.15) is 47.0 Å². The number of hydrogen-bond donors (Lipinski definition) is 0. The molecule has 1 aliphatic rings. The van der Waals surface area contributed by atoms with Gasteiger partial charge in [-0.05, 0) is 27.8 Å². The molecule has 0 aliphatic carbocycles. The van der Waals surface area contributed by atoms with Crippen LogP contribution in [0.25, 0.3) is 0 Å².